The van der Waals surface area contributed by atoms with Crippen molar-refractivity contribution in [3.63, 3.8) is 0 Å². The first-order valence-corrected chi connectivity index (χ1v) is 5.01. The Morgan fingerprint density at radius 3 is 2.69 bits per heavy atom. The number of hydrogen-bond donors (Lipinski definition) is 1. The lowest BCUT2D eigenvalue weighted by Crippen LogP contribution is -2.59. The lowest BCUT2D eigenvalue weighted by molar-refractivity contribution is -0.136. The van der Waals surface area contributed by atoms with Crippen LogP contribution in [0.5, 0.6) is 0 Å². The standard InChI is InChI=1S/C9H15N3O/c10-8-5-9(13-11-8)6-12-3-1-7(9)2-4-12/h7H,1-6H2,(H2,10,11)/t9-/m1/s1. The van der Waals surface area contributed by atoms with Gasteiger partial charge in [0, 0.05) is 12.5 Å². The van der Waals surface area contributed by atoms with Crippen LogP contribution >= 0.6 is 0 Å². The van der Waals surface area contributed by atoms with E-state index in [2.05, 4.69) is 10.1 Å². The van der Waals surface area contributed by atoms with Crippen molar-refractivity contribution in [1.82, 2.24) is 4.90 Å². The van der Waals surface area contributed by atoms with E-state index >= 15 is 0 Å². The highest BCUT2D eigenvalue weighted by atomic mass is 16.7. The van der Waals surface area contributed by atoms with Gasteiger partial charge in [-0.25, -0.2) is 0 Å². The molecule has 0 aromatic heterocycles. The number of hydrogen-bond acceptors (Lipinski definition) is 4. The summed E-state index contributed by atoms with van der Waals surface area (Å²) in [5.41, 5.74) is 5.64. The predicted molar refractivity (Wildman–Crippen MR) is 49.2 cm³/mol. The largest absolute Gasteiger partial charge is 0.386 e. The van der Waals surface area contributed by atoms with E-state index in [1.165, 1.54) is 25.9 Å². The van der Waals surface area contributed by atoms with E-state index in [9.17, 15) is 0 Å². The molecule has 4 aliphatic heterocycles. The number of amidine groups is 1. The maximum atomic E-state index is 5.68. The van der Waals surface area contributed by atoms with Gasteiger partial charge in [0.05, 0.1) is 6.42 Å². The van der Waals surface area contributed by atoms with Gasteiger partial charge in [0.15, 0.2) is 5.60 Å². The fourth-order valence-corrected chi connectivity index (χ4v) is 2.95. The molecular weight excluding hydrogens is 166 g/mol. The van der Waals surface area contributed by atoms with E-state index in [1.54, 1.807) is 0 Å². The van der Waals surface area contributed by atoms with E-state index in [0.717, 1.165) is 13.0 Å². The number of rotatable bonds is 0. The van der Waals surface area contributed by atoms with Crippen LogP contribution in [0.25, 0.3) is 0 Å². The molecule has 0 aliphatic carbocycles. The van der Waals surface area contributed by atoms with Gasteiger partial charge in [0.25, 0.3) is 0 Å². The molecule has 4 heteroatoms. The fraction of sp³-hybridized carbons (Fsp3) is 0.889. The predicted octanol–water partition coefficient (Wildman–Crippen LogP) is 0.143. The Bertz CT molecular complexity index is 258. The summed E-state index contributed by atoms with van der Waals surface area (Å²) < 4.78 is 0. The first-order valence-electron chi connectivity index (χ1n) is 5.01. The van der Waals surface area contributed by atoms with Gasteiger partial charge in [-0.2, -0.15) is 0 Å². The molecule has 4 nitrogen and oxygen atoms in total. The SMILES string of the molecule is NC1=NO[C@]2(C1)CN1CCC2CC1. The third-order valence-electron chi connectivity index (χ3n) is 3.65. The quantitative estimate of drug-likeness (QED) is 0.578. The van der Waals surface area contributed by atoms with Crippen molar-refractivity contribution in [2.75, 3.05) is 19.6 Å². The Balaban J connectivity index is 1.85. The zero-order valence-corrected chi connectivity index (χ0v) is 7.70. The molecule has 0 aromatic carbocycles. The van der Waals surface area contributed by atoms with Gasteiger partial charge in [-0.3, -0.25) is 4.90 Å². The molecule has 0 radical (unpaired) electrons. The summed E-state index contributed by atoms with van der Waals surface area (Å²) in [6, 6.07) is 0. The zero-order valence-electron chi connectivity index (χ0n) is 7.70. The molecule has 4 rings (SSSR count). The first-order chi connectivity index (χ1) is 6.28. The van der Waals surface area contributed by atoms with Crippen molar-refractivity contribution in [2.24, 2.45) is 16.8 Å². The summed E-state index contributed by atoms with van der Waals surface area (Å²) in [6.07, 6.45) is 3.35. The molecule has 1 spiro atoms. The Morgan fingerprint density at radius 1 is 1.46 bits per heavy atom. The van der Waals surface area contributed by atoms with Gasteiger partial charge in [-0.1, -0.05) is 5.16 Å². The van der Waals surface area contributed by atoms with E-state index < -0.39 is 0 Å². The molecule has 0 amide bonds. The van der Waals surface area contributed by atoms with Gasteiger partial charge in [0.1, 0.15) is 5.84 Å². The van der Waals surface area contributed by atoms with Crippen molar-refractivity contribution < 1.29 is 4.84 Å². The molecule has 0 unspecified atom stereocenters. The highest BCUT2D eigenvalue weighted by molar-refractivity contribution is 5.82. The van der Waals surface area contributed by atoms with Crippen LogP contribution in [-0.4, -0.2) is 36.0 Å². The molecule has 2 N–H and O–H groups in total. The van der Waals surface area contributed by atoms with Crippen LogP contribution in [0, 0.1) is 5.92 Å². The third-order valence-corrected chi connectivity index (χ3v) is 3.65. The highest BCUT2D eigenvalue weighted by Gasteiger charge is 2.51. The number of oxime groups is 1. The second kappa shape index (κ2) is 2.38. The second-order valence-corrected chi connectivity index (χ2v) is 4.47. The lowest BCUT2D eigenvalue weighted by Gasteiger charge is -2.49. The number of nitrogens with zero attached hydrogens (tertiary/aromatic N) is 2. The number of piperidine rings is 3. The second-order valence-electron chi connectivity index (χ2n) is 4.47. The molecule has 72 valence electrons. The van der Waals surface area contributed by atoms with Gasteiger partial charge in [-0.15, -0.1) is 0 Å². The molecule has 0 saturated carbocycles. The average molecular weight is 181 g/mol. The minimum absolute atomic E-state index is 0.0411. The molecule has 13 heavy (non-hydrogen) atoms. The fourth-order valence-electron chi connectivity index (χ4n) is 2.95. The van der Waals surface area contributed by atoms with E-state index in [-0.39, 0.29) is 5.60 Å². The first kappa shape index (κ1) is 7.62. The number of fused-ring (bicyclic) bond motifs is 2. The van der Waals surface area contributed by atoms with Crippen LogP contribution in [0.1, 0.15) is 19.3 Å². The maximum absolute atomic E-state index is 5.68. The normalized spacial score (nSPS) is 47.8. The van der Waals surface area contributed by atoms with Crippen molar-refractivity contribution in [1.29, 1.82) is 0 Å². The van der Waals surface area contributed by atoms with Gasteiger partial charge in [0.2, 0.25) is 0 Å². The van der Waals surface area contributed by atoms with Crippen LogP contribution in [0.4, 0.5) is 0 Å². The van der Waals surface area contributed by atoms with Crippen molar-refractivity contribution in [3.8, 4) is 0 Å². The monoisotopic (exact) mass is 181 g/mol. The topological polar surface area (TPSA) is 50.9 Å². The van der Waals surface area contributed by atoms with Gasteiger partial charge < -0.3 is 10.6 Å². The molecule has 0 aromatic rings. The molecule has 4 aliphatic rings. The van der Waals surface area contributed by atoms with Crippen molar-refractivity contribution >= 4 is 5.84 Å². The minimum Gasteiger partial charge on any atom is -0.386 e. The Kier molecular flexibility index (Phi) is 1.39. The van der Waals surface area contributed by atoms with Crippen molar-refractivity contribution in [3.05, 3.63) is 0 Å². The van der Waals surface area contributed by atoms with Gasteiger partial charge >= 0.3 is 0 Å². The summed E-state index contributed by atoms with van der Waals surface area (Å²) in [7, 11) is 0. The summed E-state index contributed by atoms with van der Waals surface area (Å²) in [5, 5.41) is 3.90. The Morgan fingerprint density at radius 2 is 2.23 bits per heavy atom. The summed E-state index contributed by atoms with van der Waals surface area (Å²) in [6.45, 7) is 3.49. The lowest BCUT2D eigenvalue weighted by atomic mass is 9.74. The molecule has 2 bridgehead atoms. The minimum atomic E-state index is -0.0411. The van der Waals surface area contributed by atoms with Gasteiger partial charge in [-0.05, 0) is 25.9 Å². The van der Waals surface area contributed by atoms with Crippen LogP contribution in [0.3, 0.4) is 0 Å². The third kappa shape index (κ3) is 0.981. The molecule has 4 heterocycles. The van der Waals surface area contributed by atoms with Crippen LogP contribution < -0.4 is 5.73 Å². The molecule has 3 fully saturated rings. The summed E-state index contributed by atoms with van der Waals surface area (Å²) in [4.78, 5) is 8.02. The Labute approximate surface area is 77.7 Å². The maximum Gasteiger partial charge on any atom is 0.160 e. The van der Waals surface area contributed by atoms with Crippen LogP contribution in [0.15, 0.2) is 5.16 Å². The summed E-state index contributed by atoms with van der Waals surface area (Å²) >= 11 is 0. The van der Waals surface area contributed by atoms with E-state index in [4.69, 9.17) is 10.6 Å². The van der Waals surface area contributed by atoms with Crippen LogP contribution in [0.2, 0.25) is 0 Å². The summed E-state index contributed by atoms with van der Waals surface area (Å²) in [5.74, 6) is 1.36. The molecule has 1 atom stereocenters. The average Bonchev–Trinajstić information content (AvgIpc) is 2.49. The Hall–Kier alpha value is -0.770. The highest BCUT2D eigenvalue weighted by Crippen LogP contribution is 2.42. The molecule has 3 saturated heterocycles. The van der Waals surface area contributed by atoms with E-state index in [1.807, 2.05) is 0 Å². The van der Waals surface area contributed by atoms with Crippen LogP contribution in [-0.2, 0) is 4.84 Å². The zero-order chi connectivity index (χ0) is 8.89. The van der Waals surface area contributed by atoms with E-state index in [0.29, 0.717) is 11.8 Å². The smallest absolute Gasteiger partial charge is 0.160 e. The number of nitrogens with two attached hydrogens (primary N) is 1. The van der Waals surface area contributed by atoms with Crippen molar-refractivity contribution in [2.45, 2.75) is 24.9 Å². The molecular formula is C9H15N3O.